The number of nitrogens with one attached hydrogen (secondary N) is 1. The van der Waals surface area contributed by atoms with Crippen LogP contribution in [0.15, 0.2) is 11.4 Å². The number of ether oxygens (including phenoxy) is 1. The van der Waals surface area contributed by atoms with Crippen molar-refractivity contribution >= 4 is 45.1 Å². The molecule has 0 aromatic carbocycles. The van der Waals surface area contributed by atoms with Gasteiger partial charge in [0.05, 0.1) is 10.2 Å². The number of fused-ring (bicyclic) bond motifs is 1. The van der Waals surface area contributed by atoms with Crippen LogP contribution in [0.2, 0.25) is 5.28 Å². The lowest BCUT2D eigenvalue weighted by Crippen LogP contribution is -2.44. The highest BCUT2D eigenvalue weighted by atomic mass is 35.5. The van der Waals surface area contributed by atoms with Crippen molar-refractivity contribution in [3.05, 3.63) is 16.7 Å². The summed E-state index contributed by atoms with van der Waals surface area (Å²) < 4.78 is 6.43. The molecule has 2 aromatic heterocycles. The van der Waals surface area contributed by atoms with Crippen molar-refractivity contribution < 1.29 is 9.53 Å². The first-order valence-electron chi connectivity index (χ1n) is 7.97. The number of hydrogen-bond acceptors (Lipinski definition) is 6. The molecule has 1 aliphatic rings. The lowest BCUT2D eigenvalue weighted by molar-refractivity contribution is 0.0210. The van der Waals surface area contributed by atoms with Gasteiger partial charge in [-0.15, -0.1) is 11.3 Å². The Balaban J connectivity index is 1.61. The molecule has 1 N–H and O–H groups in total. The summed E-state index contributed by atoms with van der Waals surface area (Å²) in [5.74, 6) is 0.774. The number of carbonyl (C=O) groups excluding carboxylic acids is 1. The normalized spacial score (nSPS) is 16.4. The molecule has 3 heterocycles. The van der Waals surface area contributed by atoms with Crippen LogP contribution in [0.5, 0.6) is 0 Å². The van der Waals surface area contributed by atoms with Gasteiger partial charge in [-0.05, 0) is 56.7 Å². The fraction of sp³-hybridized carbons (Fsp3) is 0.562. The minimum Gasteiger partial charge on any atom is -0.444 e. The molecule has 0 saturated carbocycles. The van der Waals surface area contributed by atoms with Crippen molar-refractivity contribution in [2.24, 2.45) is 0 Å². The van der Waals surface area contributed by atoms with E-state index in [1.807, 2.05) is 32.2 Å². The average molecular weight is 369 g/mol. The Labute approximate surface area is 150 Å². The molecule has 6 nitrogen and oxygen atoms in total. The molecule has 24 heavy (non-hydrogen) atoms. The number of anilines is 1. The number of nitrogens with zero attached hydrogens (tertiary/aromatic N) is 3. The molecule has 1 aliphatic heterocycles. The SMILES string of the molecule is CC(C)(C)OC(=O)N1CCC(Nc2nc(Cl)nc3ccsc23)CC1. The Morgan fingerprint density at radius 2 is 2.08 bits per heavy atom. The Kier molecular flexibility index (Phi) is 4.83. The topological polar surface area (TPSA) is 67.3 Å². The second-order valence-electron chi connectivity index (χ2n) is 6.86. The van der Waals surface area contributed by atoms with E-state index in [1.54, 1.807) is 16.2 Å². The molecule has 0 atom stereocenters. The van der Waals surface area contributed by atoms with Gasteiger partial charge in [0.15, 0.2) is 0 Å². The van der Waals surface area contributed by atoms with Gasteiger partial charge in [-0.3, -0.25) is 0 Å². The largest absolute Gasteiger partial charge is 0.444 e. The van der Waals surface area contributed by atoms with E-state index in [4.69, 9.17) is 16.3 Å². The Morgan fingerprint density at radius 3 is 2.75 bits per heavy atom. The van der Waals surface area contributed by atoms with Crippen molar-refractivity contribution in [3.63, 3.8) is 0 Å². The lowest BCUT2D eigenvalue weighted by Gasteiger charge is -2.33. The van der Waals surface area contributed by atoms with Crippen molar-refractivity contribution in [2.45, 2.75) is 45.3 Å². The zero-order valence-corrected chi connectivity index (χ0v) is 15.6. The van der Waals surface area contributed by atoms with Crippen molar-refractivity contribution in [1.82, 2.24) is 14.9 Å². The van der Waals surface area contributed by atoms with Gasteiger partial charge >= 0.3 is 6.09 Å². The van der Waals surface area contributed by atoms with Gasteiger partial charge in [0.2, 0.25) is 5.28 Å². The van der Waals surface area contributed by atoms with E-state index in [9.17, 15) is 4.79 Å². The summed E-state index contributed by atoms with van der Waals surface area (Å²) in [6.45, 7) is 6.97. The molecule has 1 fully saturated rings. The summed E-state index contributed by atoms with van der Waals surface area (Å²) in [5.41, 5.74) is 0.392. The van der Waals surface area contributed by atoms with Crippen molar-refractivity contribution in [3.8, 4) is 0 Å². The molecule has 0 radical (unpaired) electrons. The molecular formula is C16H21ClN4O2S. The quantitative estimate of drug-likeness (QED) is 0.806. The van der Waals surface area contributed by atoms with Crippen LogP contribution in [0.3, 0.4) is 0 Å². The van der Waals surface area contributed by atoms with E-state index < -0.39 is 5.60 Å². The van der Waals surface area contributed by atoms with Crippen LogP contribution in [0.4, 0.5) is 10.6 Å². The van der Waals surface area contributed by atoms with Gasteiger partial charge in [0, 0.05) is 19.1 Å². The second kappa shape index (κ2) is 6.72. The Morgan fingerprint density at radius 1 is 1.38 bits per heavy atom. The minimum absolute atomic E-state index is 0.244. The van der Waals surface area contributed by atoms with E-state index in [0.29, 0.717) is 13.1 Å². The lowest BCUT2D eigenvalue weighted by atomic mass is 10.1. The summed E-state index contributed by atoms with van der Waals surface area (Å²) in [4.78, 5) is 22.4. The molecule has 1 saturated heterocycles. The summed E-state index contributed by atoms with van der Waals surface area (Å²) in [6, 6.07) is 2.18. The number of carbonyl (C=O) groups is 1. The Hall–Kier alpha value is -1.60. The van der Waals surface area contributed by atoms with E-state index in [2.05, 4.69) is 15.3 Å². The summed E-state index contributed by atoms with van der Waals surface area (Å²) in [7, 11) is 0. The van der Waals surface area contributed by atoms with Crippen molar-refractivity contribution in [2.75, 3.05) is 18.4 Å². The maximum Gasteiger partial charge on any atom is 0.410 e. The van der Waals surface area contributed by atoms with Crippen LogP contribution >= 0.6 is 22.9 Å². The Bertz CT molecular complexity index is 735. The van der Waals surface area contributed by atoms with Gasteiger partial charge in [-0.25, -0.2) is 9.78 Å². The molecular weight excluding hydrogens is 348 g/mol. The predicted octanol–water partition coefficient (Wildman–Crippen LogP) is 4.16. The first kappa shape index (κ1) is 17.2. The number of rotatable bonds is 2. The van der Waals surface area contributed by atoms with Crippen LogP contribution in [0.25, 0.3) is 10.2 Å². The molecule has 8 heteroatoms. The summed E-state index contributed by atoms with van der Waals surface area (Å²) in [6.07, 6.45) is 1.44. The average Bonchev–Trinajstić information content (AvgIpc) is 2.94. The van der Waals surface area contributed by atoms with Gasteiger partial charge in [0.25, 0.3) is 0 Å². The zero-order valence-electron chi connectivity index (χ0n) is 14.0. The van der Waals surface area contributed by atoms with Gasteiger partial charge < -0.3 is 15.0 Å². The number of amides is 1. The van der Waals surface area contributed by atoms with Crippen LogP contribution in [0, 0.1) is 0 Å². The highest BCUT2D eigenvalue weighted by Crippen LogP contribution is 2.29. The van der Waals surface area contributed by atoms with E-state index in [1.165, 1.54) is 0 Å². The molecule has 130 valence electrons. The third-order valence-electron chi connectivity index (χ3n) is 3.76. The fourth-order valence-corrected chi connectivity index (χ4v) is 3.62. The van der Waals surface area contributed by atoms with Crippen LogP contribution in [-0.2, 0) is 4.74 Å². The smallest absolute Gasteiger partial charge is 0.410 e. The first-order valence-corrected chi connectivity index (χ1v) is 9.23. The van der Waals surface area contributed by atoms with Gasteiger partial charge in [0.1, 0.15) is 11.4 Å². The summed E-state index contributed by atoms with van der Waals surface area (Å²) >= 11 is 7.59. The van der Waals surface area contributed by atoms with Gasteiger partial charge in [-0.2, -0.15) is 4.98 Å². The molecule has 0 aliphatic carbocycles. The number of piperidine rings is 1. The standard InChI is InChI=1S/C16H21ClN4O2S/c1-16(2,3)23-15(22)21-7-4-10(5-8-21)18-13-12-11(6-9-24-12)19-14(17)20-13/h6,9-10H,4-5,7-8H2,1-3H3,(H,18,19,20). The van der Waals surface area contributed by atoms with Crippen LogP contribution < -0.4 is 5.32 Å². The predicted molar refractivity (Wildman–Crippen MR) is 96.9 cm³/mol. The maximum atomic E-state index is 12.1. The number of likely N-dealkylation sites (tertiary alicyclic amines) is 1. The minimum atomic E-state index is -0.464. The fourth-order valence-electron chi connectivity index (χ4n) is 2.66. The van der Waals surface area contributed by atoms with Crippen LogP contribution in [-0.4, -0.2) is 45.7 Å². The maximum absolute atomic E-state index is 12.1. The number of aromatic nitrogens is 2. The molecule has 1 amide bonds. The third-order valence-corrected chi connectivity index (χ3v) is 4.84. The molecule has 0 bridgehead atoms. The van der Waals surface area contributed by atoms with Crippen molar-refractivity contribution in [1.29, 1.82) is 0 Å². The molecule has 0 unspecified atom stereocenters. The first-order chi connectivity index (χ1) is 11.3. The molecule has 2 aromatic rings. The number of thiophene rings is 1. The molecule has 3 rings (SSSR count). The second-order valence-corrected chi connectivity index (χ2v) is 8.12. The van der Waals surface area contributed by atoms with Gasteiger partial charge in [-0.1, -0.05) is 0 Å². The summed E-state index contributed by atoms with van der Waals surface area (Å²) in [5, 5.41) is 5.68. The number of hydrogen-bond donors (Lipinski definition) is 1. The van der Waals surface area contributed by atoms with E-state index in [0.717, 1.165) is 28.9 Å². The monoisotopic (exact) mass is 368 g/mol. The zero-order chi connectivity index (χ0) is 17.3. The highest BCUT2D eigenvalue weighted by molar-refractivity contribution is 7.17. The highest BCUT2D eigenvalue weighted by Gasteiger charge is 2.27. The van der Waals surface area contributed by atoms with E-state index >= 15 is 0 Å². The third kappa shape index (κ3) is 4.08. The number of halogens is 1. The van der Waals surface area contributed by atoms with Crippen LogP contribution in [0.1, 0.15) is 33.6 Å². The van der Waals surface area contributed by atoms with E-state index in [-0.39, 0.29) is 17.4 Å². The molecule has 0 spiro atoms.